The van der Waals surface area contributed by atoms with Gasteiger partial charge in [-0.1, -0.05) is 91.4 Å². The molecule has 0 aromatic rings. The zero-order chi connectivity index (χ0) is 21.9. The molecule has 1 aliphatic heterocycles. The highest BCUT2D eigenvalue weighted by Crippen LogP contribution is 2.41. The number of aliphatic hydroxyl groups is 5. The van der Waals surface area contributed by atoms with Gasteiger partial charge in [0, 0.05) is 5.92 Å². The molecule has 5 N–H and O–H groups in total. The summed E-state index contributed by atoms with van der Waals surface area (Å²) in [6.45, 7) is 5.86. The van der Waals surface area contributed by atoms with E-state index in [4.69, 9.17) is 4.74 Å². The van der Waals surface area contributed by atoms with Gasteiger partial charge in [0.1, 0.15) is 24.4 Å². The van der Waals surface area contributed by atoms with Crippen LogP contribution in [0, 0.1) is 11.8 Å². The summed E-state index contributed by atoms with van der Waals surface area (Å²) in [6.07, 6.45) is 7.33. The van der Waals surface area contributed by atoms with Crippen molar-refractivity contribution in [1.82, 2.24) is 0 Å². The molecule has 3 unspecified atom stereocenters. The number of aliphatic hydroxyl groups excluding tert-OH is 4. The van der Waals surface area contributed by atoms with Crippen LogP contribution in [0.1, 0.15) is 97.8 Å². The van der Waals surface area contributed by atoms with Gasteiger partial charge >= 0.3 is 0 Å². The third-order valence-electron chi connectivity index (χ3n) is 6.60. The number of ether oxygens (including phenoxy) is 1. The Bertz CT molecular complexity index is 418. The Morgan fingerprint density at radius 3 is 1.90 bits per heavy atom. The predicted octanol–water partition coefficient (Wildman–Crippen LogP) is 3.12. The van der Waals surface area contributed by atoms with Crippen molar-refractivity contribution >= 4 is 0 Å². The summed E-state index contributed by atoms with van der Waals surface area (Å²) in [7, 11) is 0. The van der Waals surface area contributed by atoms with E-state index in [-0.39, 0.29) is 11.8 Å². The molecule has 0 aromatic carbocycles. The Morgan fingerprint density at radius 1 is 0.793 bits per heavy atom. The minimum atomic E-state index is -1.97. The average Bonchev–Trinajstić information content (AvgIpc) is 2.71. The van der Waals surface area contributed by atoms with Crippen LogP contribution >= 0.6 is 0 Å². The molecule has 1 saturated heterocycles. The maximum Gasteiger partial charge on any atom is 0.198 e. The lowest BCUT2D eigenvalue weighted by molar-refractivity contribution is -0.373. The predicted molar refractivity (Wildman–Crippen MR) is 114 cm³/mol. The molecule has 0 saturated carbocycles. The molecule has 0 aliphatic carbocycles. The van der Waals surface area contributed by atoms with E-state index in [1.807, 2.05) is 0 Å². The molecule has 0 bridgehead atoms. The van der Waals surface area contributed by atoms with Crippen LogP contribution in [0.5, 0.6) is 0 Å². The monoisotopic (exact) mass is 418 g/mol. The summed E-state index contributed by atoms with van der Waals surface area (Å²) in [5.74, 6) is -2.26. The van der Waals surface area contributed by atoms with E-state index in [1.54, 1.807) is 0 Å². The van der Waals surface area contributed by atoms with Crippen LogP contribution in [0.25, 0.3) is 0 Å². The molecule has 1 rings (SSSR count). The van der Waals surface area contributed by atoms with Gasteiger partial charge in [0.15, 0.2) is 5.79 Å². The highest BCUT2D eigenvalue weighted by atomic mass is 16.7. The van der Waals surface area contributed by atoms with Gasteiger partial charge in [-0.2, -0.15) is 0 Å². The minimum absolute atomic E-state index is 0.0870. The van der Waals surface area contributed by atoms with Crippen molar-refractivity contribution in [1.29, 1.82) is 0 Å². The molecule has 29 heavy (non-hydrogen) atoms. The normalized spacial score (nSPS) is 32.3. The number of unbranched alkanes of at least 4 members (excludes halogenated alkanes) is 8. The third-order valence-corrected chi connectivity index (χ3v) is 6.60. The van der Waals surface area contributed by atoms with Crippen LogP contribution in [0.3, 0.4) is 0 Å². The number of hydrogen-bond donors (Lipinski definition) is 5. The van der Waals surface area contributed by atoms with E-state index >= 15 is 0 Å². The molecule has 1 aliphatic rings. The fraction of sp³-hybridized carbons (Fsp3) is 1.00. The first-order valence-electron chi connectivity index (χ1n) is 11.9. The second-order valence-corrected chi connectivity index (χ2v) is 9.01. The third kappa shape index (κ3) is 7.75. The van der Waals surface area contributed by atoms with E-state index in [9.17, 15) is 25.5 Å². The van der Waals surface area contributed by atoms with Crippen molar-refractivity contribution < 1.29 is 30.3 Å². The van der Waals surface area contributed by atoms with Gasteiger partial charge in [0.05, 0.1) is 6.61 Å². The summed E-state index contributed by atoms with van der Waals surface area (Å²) in [5, 5.41) is 51.7. The fourth-order valence-electron chi connectivity index (χ4n) is 4.62. The molecule has 0 radical (unpaired) electrons. The van der Waals surface area contributed by atoms with Crippen molar-refractivity contribution in [3.05, 3.63) is 0 Å². The van der Waals surface area contributed by atoms with E-state index < -0.39 is 36.8 Å². The quantitative estimate of drug-likeness (QED) is 0.261. The van der Waals surface area contributed by atoms with Crippen molar-refractivity contribution in [2.45, 2.75) is 128 Å². The van der Waals surface area contributed by atoms with E-state index in [0.717, 1.165) is 38.5 Å². The fourth-order valence-corrected chi connectivity index (χ4v) is 4.62. The van der Waals surface area contributed by atoms with Gasteiger partial charge < -0.3 is 30.3 Å². The largest absolute Gasteiger partial charge is 0.394 e. The van der Waals surface area contributed by atoms with Gasteiger partial charge in [-0.25, -0.2) is 0 Å². The molecule has 1 heterocycles. The highest BCUT2D eigenvalue weighted by Gasteiger charge is 2.56. The van der Waals surface area contributed by atoms with Gasteiger partial charge in [0.25, 0.3) is 0 Å². The van der Waals surface area contributed by atoms with Gasteiger partial charge in [-0.15, -0.1) is 0 Å². The van der Waals surface area contributed by atoms with Crippen LogP contribution in [0.2, 0.25) is 0 Å². The number of rotatable bonds is 15. The first-order chi connectivity index (χ1) is 13.8. The maximum atomic E-state index is 11.3. The summed E-state index contributed by atoms with van der Waals surface area (Å²) >= 11 is 0. The van der Waals surface area contributed by atoms with Crippen LogP contribution in [0.15, 0.2) is 0 Å². The lowest BCUT2D eigenvalue weighted by Gasteiger charge is -2.50. The Labute approximate surface area is 177 Å². The lowest BCUT2D eigenvalue weighted by Crippen LogP contribution is -2.68. The summed E-state index contributed by atoms with van der Waals surface area (Å²) in [6, 6.07) is 0. The van der Waals surface area contributed by atoms with Crippen molar-refractivity contribution in [2.24, 2.45) is 11.8 Å². The second-order valence-electron chi connectivity index (χ2n) is 9.01. The smallest absolute Gasteiger partial charge is 0.198 e. The summed E-state index contributed by atoms with van der Waals surface area (Å²) < 4.78 is 5.65. The Morgan fingerprint density at radius 2 is 1.31 bits per heavy atom. The molecule has 6 nitrogen and oxygen atoms in total. The van der Waals surface area contributed by atoms with E-state index in [1.165, 1.54) is 32.1 Å². The standard InChI is InChI=1S/C23H46O6/c1-4-6-8-9-10-11-13-14-17(3)18(15-12-7-5-2)23(28)22(27)21(26)20(25)19(16-24)29-23/h17-22,24-28H,4-16H2,1-3H3/t17?,18?,19-,20-,21+,22-,23?/m1/s1. The zero-order valence-electron chi connectivity index (χ0n) is 18.8. The van der Waals surface area contributed by atoms with Gasteiger partial charge in [0.2, 0.25) is 0 Å². The molecular formula is C23H46O6. The molecule has 174 valence electrons. The van der Waals surface area contributed by atoms with Crippen LogP contribution < -0.4 is 0 Å². The molecule has 1 fully saturated rings. The van der Waals surface area contributed by atoms with E-state index in [2.05, 4.69) is 20.8 Å². The van der Waals surface area contributed by atoms with Crippen LogP contribution in [-0.4, -0.2) is 62.3 Å². The summed E-state index contributed by atoms with van der Waals surface area (Å²) in [5.41, 5.74) is 0. The highest BCUT2D eigenvalue weighted by molar-refractivity contribution is 5.00. The van der Waals surface area contributed by atoms with Crippen LogP contribution in [-0.2, 0) is 4.74 Å². The minimum Gasteiger partial charge on any atom is -0.394 e. The Kier molecular flexibility index (Phi) is 12.9. The molecule has 0 amide bonds. The second kappa shape index (κ2) is 13.9. The average molecular weight is 419 g/mol. The van der Waals surface area contributed by atoms with Gasteiger partial charge in [-0.3, -0.25) is 0 Å². The molecule has 6 heteroatoms. The molecule has 7 atom stereocenters. The first kappa shape index (κ1) is 26.8. The topological polar surface area (TPSA) is 110 Å². The molecule has 0 spiro atoms. The molecular weight excluding hydrogens is 372 g/mol. The lowest BCUT2D eigenvalue weighted by atomic mass is 9.74. The SMILES string of the molecule is CCCCCCCCCC(C)C(CCCCC)C1(O)O[C@H](CO)[C@@H](O)[C@H](O)[C@H]1O. The van der Waals surface area contributed by atoms with Gasteiger partial charge in [-0.05, 0) is 12.3 Å². The van der Waals surface area contributed by atoms with Crippen molar-refractivity contribution in [2.75, 3.05) is 6.61 Å². The van der Waals surface area contributed by atoms with Crippen molar-refractivity contribution in [3.8, 4) is 0 Å². The van der Waals surface area contributed by atoms with E-state index in [0.29, 0.717) is 6.42 Å². The van der Waals surface area contributed by atoms with Crippen LogP contribution in [0.4, 0.5) is 0 Å². The van der Waals surface area contributed by atoms with Crippen molar-refractivity contribution in [3.63, 3.8) is 0 Å². The molecule has 0 aromatic heterocycles. The maximum absolute atomic E-state index is 11.3. The summed E-state index contributed by atoms with van der Waals surface area (Å²) in [4.78, 5) is 0. The zero-order valence-corrected chi connectivity index (χ0v) is 18.8. The Balaban J connectivity index is 2.76. The number of hydrogen-bond acceptors (Lipinski definition) is 6. The Hall–Kier alpha value is -0.240. The first-order valence-corrected chi connectivity index (χ1v) is 11.9.